The van der Waals surface area contributed by atoms with Crippen molar-refractivity contribution in [3.8, 4) is 23.1 Å². The minimum Gasteiger partial charge on any atom is -0.489 e. The number of nitrogens with zero attached hydrogens (tertiary/aromatic N) is 3. The predicted octanol–water partition coefficient (Wildman–Crippen LogP) is 4.73. The zero-order valence-electron chi connectivity index (χ0n) is 13.3. The highest BCUT2D eigenvalue weighted by molar-refractivity contribution is 6.31. The first-order valence-electron chi connectivity index (χ1n) is 7.38. The maximum absolute atomic E-state index is 13.3. The third kappa shape index (κ3) is 4.17. The Morgan fingerprint density at radius 1 is 1.19 bits per heavy atom. The number of halogens is 5. The molecule has 27 heavy (non-hydrogen) atoms. The van der Waals surface area contributed by atoms with Gasteiger partial charge in [-0.1, -0.05) is 22.9 Å². The molecule has 0 fully saturated rings. The van der Waals surface area contributed by atoms with Gasteiger partial charge in [0.05, 0.1) is 5.56 Å². The lowest BCUT2D eigenvalue weighted by atomic mass is 10.1. The Labute approximate surface area is 155 Å². The first kappa shape index (κ1) is 18.7. The second-order valence-corrected chi connectivity index (χ2v) is 5.86. The molecule has 1 aromatic heterocycles. The quantitative estimate of drug-likeness (QED) is 0.647. The molecule has 0 amide bonds. The third-order valence-corrected chi connectivity index (χ3v) is 3.77. The molecule has 10 heteroatoms. The van der Waals surface area contributed by atoms with Crippen molar-refractivity contribution in [1.82, 2.24) is 15.4 Å². The largest absolute Gasteiger partial charge is 0.489 e. The molecule has 3 aromatic rings. The van der Waals surface area contributed by atoms with E-state index in [9.17, 15) is 17.6 Å². The van der Waals surface area contributed by atoms with Crippen LogP contribution in [0.2, 0.25) is 5.02 Å². The number of hydrogen-bond donors (Lipinski definition) is 1. The third-order valence-electron chi connectivity index (χ3n) is 3.55. The van der Waals surface area contributed by atoms with E-state index >= 15 is 0 Å². The Balaban J connectivity index is 1.84. The summed E-state index contributed by atoms with van der Waals surface area (Å²) in [5.74, 6) is -1.12. The summed E-state index contributed by atoms with van der Waals surface area (Å²) in [5, 5.41) is 19.1. The molecule has 2 aromatic carbocycles. The van der Waals surface area contributed by atoms with E-state index in [0.29, 0.717) is 11.6 Å². The van der Waals surface area contributed by atoms with Crippen LogP contribution >= 0.6 is 11.6 Å². The SMILES string of the molecule is N#Cc1[nH]nnc1-c1cc(Cl)cc(OCc2ccc(F)c(C(F)(F)F)c2)c1. The molecule has 0 aliphatic heterocycles. The Hall–Kier alpha value is -3.12. The van der Waals surface area contributed by atoms with Gasteiger partial charge in [-0.3, -0.25) is 0 Å². The lowest BCUT2D eigenvalue weighted by molar-refractivity contribution is -0.140. The number of nitrogens with one attached hydrogen (secondary N) is 1. The predicted molar refractivity (Wildman–Crippen MR) is 87.3 cm³/mol. The van der Waals surface area contributed by atoms with Crippen molar-refractivity contribution in [2.45, 2.75) is 12.8 Å². The van der Waals surface area contributed by atoms with E-state index in [1.165, 1.54) is 24.3 Å². The molecule has 138 valence electrons. The normalized spacial score (nSPS) is 11.3. The summed E-state index contributed by atoms with van der Waals surface area (Å²) in [6.07, 6.45) is -4.80. The highest BCUT2D eigenvalue weighted by Gasteiger charge is 2.34. The van der Waals surface area contributed by atoms with Crippen molar-refractivity contribution in [3.05, 3.63) is 64.1 Å². The zero-order valence-corrected chi connectivity index (χ0v) is 14.1. The Bertz CT molecular complexity index is 1030. The van der Waals surface area contributed by atoms with Crippen LogP contribution in [0.5, 0.6) is 5.75 Å². The molecule has 0 atom stereocenters. The molecule has 0 aliphatic rings. The molecule has 1 heterocycles. The van der Waals surface area contributed by atoms with Gasteiger partial charge in [0.15, 0.2) is 5.69 Å². The van der Waals surface area contributed by atoms with Crippen molar-refractivity contribution in [3.63, 3.8) is 0 Å². The lowest BCUT2D eigenvalue weighted by Crippen LogP contribution is -2.09. The fourth-order valence-electron chi connectivity index (χ4n) is 2.34. The molecule has 0 aliphatic carbocycles. The first-order chi connectivity index (χ1) is 12.8. The van der Waals surface area contributed by atoms with Gasteiger partial charge >= 0.3 is 6.18 Å². The van der Waals surface area contributed by atoms with Crippen LogP contribution in [0.1, 0.15) is 16.8 Å². The van der Waals surface area contributed by atoms with Crippen molar-refractivity contribution in [2.75, 3.05) is 0 Å². The van der Waals surface area contributed by atoms with E-state index in [1.54, 1.807) is 0 Å². The van der Waals surface area contributed by atoms with Crippen LogP contribution in [0.3, 0.4) is 0 Å². The number of rotatable bonds is 4. The fourth-order valence-corrected chi connectivity index (χ4v) is 2.56. The van der Waals surface area contributed by atoms with Gasteiger partial charge in [0.1, 0.15) is 29.9 Å². The van der Waals surface area contributed by atoms with Gasteiger partial charge in [-0.15, -0.1) is 5.10 Å². The Morgan fingerprint density at radius 2 is 1.96 bits per heavy atom. The van der Waals surface area contributed by atoms with E-state index in [0.717, 1.165) is 6.07 Å². The van der Waals surface area contributed by atoms with Gasteiger partial charge in [0.25, 0.3) is 0 Å². The summed E-state index contributed by atoms with van der Waals surface area (Å²) in [7, 11) is 0. The summed E-state index contributed by atoms with van der Waals surface area (Å²) in [4.78, 5) is 0. The van der Waals surface area contributed by atoms with Crippen LogP contribution < -0.4 is 4.74 Å². The van der Waals surface area contributed by atoms with Gasteiger partial charge in [0, 0.05) is 10.6 Å². The van der Waals surface area contributed by atoms with Crippen molar-refractivity contribution < 1.29 is 22.3 Å². The molecule has 0 saturated carbocycles. The van der Waals surface area contributed by atoms with Crippen LogP contribution in [0, 0.1) is 17.1 Å². The number of ether oxygens (including phenoxy) is 1. The molecule has 0 radical (unpaired) electrons. The minimum absolute atomic E-state index is 0.122. The summed E-state index contributed by atoms with van der Waals surface area (Å²) >= 11 is 6.03. The van der Waals surface area contributed by atoms with Crippen LogP contribution in [0.15, 0.2) is 36.4 Å². The molecule has 3 rings (SSSR count). The highest BCUT2D eigenvalue weighted by atomic mass is 35.5. The molecular formula is C17H9ClF4N4O. The first-order valence-corrected chi connectivity index (χ1v) is 7.76. The van der Waals surface area contributed by atoms with Crippen LogP contribution in [0.25, 0.3) is 11.3 Å². The lowest BCUT2D eigenvalue weighted by Gasteiger charge is -2.12. The van der Waals surface area contributed by atoms with Gasteiger partial charge in [0.2, 0.25) is 0 Å². The molecule has 1 N–H and O–H groups in total. The van der Waals surface area contributed by atoms with Gasteiger partial charge in [-0.05, 0) is 35.9 Å². The summed E-state index contributed by atoms with van der Waals surface area (Å²) in [6, 6.07) is 9.01. The topological polar surface area (TPSA) is 74.6 Å². The number of aromatic amines is 1. The van der Waals surface area contributed by atoms with Crippen molar-refractivity contribution in [1.29, 1.82) is 5.26 Å². The summed E-state index contributed by atoms with van der Waals surface area (Å²) in [6.45, 7) is -0.243. The Morgan fingerprint density at radius 3 is 2.67 bits per heavy atom. The van der Waals surface area contributed by atoms with E-state index in [-0.39, 0.29) is 34.3 Å². The van der Waals surface area contributed by atoms with Crippen LogP contribution in [0.4, 0.5) is 17.6 Å². The number of H-pyrrole nitrogens is 1. The summed E-state index contributed by atoms with van der Waals surface area (Å²) < 4.78 is 57.2. The average Bonchev–Trinajstić information content (AvgIpc) is 3.08. The standard InChI is InChI=1S/C17H9ClF4N4O/c18-11-4-10(16-15(7-23)24-26-25-16)5-12(6-11)27-8-9-1-2-14(19)13(3-9)17(20,21)22/h1-6H,8H2,(H,24,25,26). The Kier molecular flexibility index (Phi) is 5.01. The second kappa shape index (κ2) is 7.25. The molecule has 0 spiro atoms. The monoisotopic (exact) mass is 396 g/mol. The number of nitriles is 1. The molecule has 5 nitrogen and oxygen atoms in total. The highest BCUT2D eigenvalue weighted by Crippen LogP contribution is 2.33. The van der Waals surface area contributed by atoms with Gasteiger partial charge in [-0.2, -0.15) is 18.4 Å². The van der Waals surface area contributed by atoms with Gasteiger partial charge in [-0.25, -0.2) is 9.49 Å². The molecule has 0 unspecified atom stereocenters. The smallest absolute Gasteiger partial charge is 0.419 e. The fraction of sp³-hybridized carbons (Fsp3) is 0.118. The van der Waals surface area contributed by atoms with E-state index < -0.39 is 17.6 Å². The van der Waals surface area contributed by atoms with E-state index in [4.69, 9.17) is 21.6 Å². The molecule has 0 bridgehead atoms. The van der Waals surface area contributed by atoms with Crippen LogP contribution in [-0.4, -0.2) is 15.4 Å². The number of alkyl halides is 3. The number of benzene rings is 2. The van der Waals surface area contributed by atoms with Crippen molar-refractivity contribution >= 4 is 11.6 Å². The molecule has 0 saturated heterocycles. The maximum Gasteiger partial charge on any atom is 0.419 e. The number of hydrogen-bond acceptors (Lipinski definition) is 4. The van der Waals surface area contributed by atoms with Crippen molar-refractivity contribution in [2.24, 2.45) is 0 Å². The van der Waals surface area contributed by atoms with E-state index in [1.807, 2.05) is 6.07 Å². The molecular weight excluding hydrogens is 388 g/mol. The van der Waals surface area contributed by atoms with E-state index in [2.05, 4.69) is 15.4 Å². The zero-order chi connectivity index (χ0) is 19.6. The number of aromatic nitrogens is 3. The summed E-state index contributed by atoms with van der Waals surface area (Å²) in [5.41, 5.74) is -0.415. The minimum atomic E-state index is -4.80. The van der Waals surface area contributed by atoms with Crippen LogP contribution in [-0.2, 0) is 12.8 Å². The second-order valence-electron chi connectivity index (χ2n) is 5.42. The average molecular weight is 397 g/mol. The van der Waals surface area contributed by atoms with Gasteiger partial charge < -0.3 is 4.74 Å². The maximum atomic E-state index is 13.3.